The SMILES string of the molecule is COC(=O)C(C)C(C)N1CC2CCC1C2. The third-order valence-corrected chi connectivity index (χ3v) is 4.27. The van der Waals surface area contributed by atoms with E-state index in [9.17, 15) is 4.79 Å². The van der Waals surface area contributed by atoms with Crippen LogP contribution in [0.3, 0.4) is 0 Å². The Morgan fingerprint density at radius 2 is 2.13 bits per heavy atom. The molecule has 1 saturated heterocycles. The van der Waals surface area contributed by atoms with Crippen molar-refractivity contribution in [1.29, 1.82) is 0 Å². The molecular formula is C12H21NO2. The van der Waals surface area contributed by atoms with Crippen LogP contribution in [0.1, 0.15) is 33.1 Å². The molecule has 0 N–H and O–H groups in total. The third-order valence-electron chi connectivity index (χ3n) is 4.27. The van der Waals surface area contributed by atoms with Gasteiger partial charge in [0.15, 0.2) is 0 Å². The van der Waals surface area contributed by atoms with Gasteiger partial charge in [0.1, 0.15) is 0 Å². The molecule has 3 heteroatoms. The van der Waals surface area contributed by atoms with Gasteiger partial charge in [-0.15, -0.1) is 0 Å². The maximum absolute atomic E-state index is 11.5. The van der Waals surface area contributed by atoms with Crippen LogP contribution in [0.2, 0.25) is 0 Å². The first-order chi connectivity index (χ1) is 7.13. The highest BCUT2D eigenvalue weighted by atomic mass is 16.5. The summed E-state index contributed by atoms with van der Waals surface area (Å²) in [6.45, 7) is 5.32. The number of methoxy groups -OCH3 is 1. The second-order valence-corrected chi connectivity index (χ2v) is 5.08. The summed E-state index contributed by atoms with van der Waals surface area (Å²) in [6, 6.07) is 1.06. The standard InChI is InChI=1S/C12H21NO2/c1-8(12(14)15-3)9(2)13-7-10-4-5-11(13)6-10/h8-11H,4-7H2,1-3H3. The van der Waals surface area contributed by atoms with Crippen molar-refractivity contribution in [2.45, 2.75) is 45.2 Å². The lowest BCUT2D eigenvalue weighted by atomic mass is 9.99. The van der Waals surface area contributed by atoms with E-state index >= 15 is 0 Å². The molecule has 15 heavy (non-hydrogen) atoms. The van der Waals surface area contributed by atoms with E-state index in [1.54, 1.807) is 0 Å². The van der Waals surface area contributed by atoms with E-state index in [4.69, 9.17) is 4.74 Å². The Hall–Kier alpha value is -0.570. The molecule has 86 valence electrons. The van der Waals surface area contributed by atoms with E-state index in [0.717, 1.165) is 12.0 Å². The normalized spacial score (nSPS) is 34.1. The Morgan fingerprint density at radius 3 is 2.60 bits per heavy atom. The van der Waals surface area contributed by atoms with Gasteiger partial charge in [0, 0.05) is 18.6 Å². The number of nitrogens with zero attached hydrogens (tertiary/aromatic N) is 1. The highest BCUT2D eigenvalue weighted by Crippen LogP contribution is 2.39. The van der Waals surface area contributed by atoms with E-state index in [-0.39, 0.29) is 11.9 Å². The number of likely N-dealkylation sites (tertiary alicyclic amines) is 1. The Labute approximate surface area is 91.8 Å². The van der Waals surface area contributed by atoms with Crippen LogP contribution in [-0.2, 0) is 9.53 Å². The molecule has 2 bridgehead atoms. The fourth-order valence-corrected chi connectivity index (χ4v) is 3.13. The number of ether oxygens (including phenoxy) is 1. The maximum Gasteiger partial charge on any atom is 0.309 e. The van der Waals surface area contributed by atoms with Crippen LogP contribution in [0.25, 0.3) is 0 Å². The van der Waals surface area contributed by atoms with Gasteiger partial charge in [-0.05, 0) is 32.1 Å². The number of esters is 1. The molecule has 3 nitrogen and oxygen atoms in total. The van der Waals surface area contributed by atoms with Crippen molar-refractivity contribution in [2.24, 2.45) is 11.8 Å². The van der Waals surface area contributed by atoms with E-state index in [2.05, 4.69) is 11.8 Å². The van der Waals surface area contributed by atoms with Gasteiger partial charge in [0.05, 0.1) is 13.0 Å². The van der Waals surface area contributed by atoms with Crippen molar-refractivity contribution in [3.63, 3.8) is 0 Å². The smallest absolute Gasteiger partial charge is 0.309 e. The summed E-state index contributed by atoms with van der Waals surface area (Å²) in [6.07, 6.45) is 4.06. The predicted octanol–water partition coefficient (Wildman–Crippen LogP) is 1.67. The number of fused-ring (bicyclic) bond motifs is 2. The fourth-order valence-electron chi connectivity index (χ4n) is 3.13. The highest BCUT2D eigenvalue weighted by Gasteiger charge is 2.42. The van der Waals surface area contributed by atoms with Gasteiger partial charge in [0.2, 0.25) is 0 Å². The van der Waals surface area contributed by atoms with E-state index < -0.39 is 0 Å². The predicted molar refractivity (Wildman–Crippen MR) is 58.5 cm³/mol. The third kappa shape index (κ3) is 1.89. The molecule has 0 aromatic carbocycles. The Morgan fingerprint density at radius 1 is 1.40 bits per heavy atom. The Bertz CT molecular complexity index is 254. The van der Waals surface area contributed by atoms with Gasteiger partial charge >= 0.3 is 5.97 Å². The van der Waals surface area contributed by atoms with Gasteiger partial charge in [-0.2, -0.15) is 0 Å². The molecule has 4 atom stereocenters. The lowest BCUT2D eigenvalue weighted by molar-refractivity contribution is -0.147. The Balaban J connectivity index is 1.96. The minimum Gasteiger partial charge on any atom is -0.469 e. The van der Waals surface area contributed by atoms with Crippen LogP contribution in [0.4, 0.5) is 0 Å². The van der Waals surface area contributed by atoms with Gasteiger partial charge in [-0.25, -0.2) is 0 Å². The molecule has 0 aromatic heterocycles. The van der Waals surface area contributed by atoms with Crippen molar-refractivity contribution >= 4 is 5.97 Å². The molecule has 0 aromatic rings. The van der Waals surface area contributed by atoms with Gasteiger partial charge in [0.25, 0.3) is 0 Å². The minimum absolute atomic E-state index is 0.00523. The molecule has 4 unspecified atom stereocenters. The molecule has 0 spiro atoms. The van der Waals surface area contributed by atoms with Crippen LogP contribution in [0.5, 0.6) is 0 Å². The first-order valence-electron chi connectivity index (χ1n) is 5.97. The lowest BCUT2D eigenvalue weighted by Gasteiger charge is -2.35. The molecule has 2 fully saturated rings. The fraction of sp³-hybridized carbons (Fsp3) is 0.917. The number of carbonyl (C=O) groups is 1. The summed E-state index contributed by atoms with van der Waals surface area (Å²) in [5.41, 5.74) is 0. The average molecular weight is 211 g/mol. The first kappa shape index (κ1) is 10.9. The molecule has 0 amide bonds. The second kappa shape index (κ2) is 4.12. The molecule has 2 aliphatic rings. The summed E-state index contributed by atoms with van der Waals surface area (Å²) in [7, 11) is 1.47. The molecule has 2 rings (SSSR count). The quantitative estimate of drug-likeness (QED) is 0.665. The van der Waals surface area contributed by atoms with Crippen molar-refractivity contribution < 1.29 is 9.53 Å². The monoisotopic (exact) mass is 211 g/mol. The Kier molecular flexibility index (Phi) is 3.01. The van der Waals surface area contributed by atoms with Crippen LogP contribution in [0.15, 0.2) is 0 Å². The summed E-state index contributed by atoms with van der Waals surface area (Å²) < 4.78 is 4.81. The summed E-state index contributed by atoms with van der Waals surface area (Å²) in [5, 5.41) is 0. The summed E-state index contributed by atoms with van der Waals surface area (Å²) in [5.74, 6) is 0.807. The number of carbonyl (C=O) groups excluding carboxylic acids is 1. The van der Waals surface area contributed by atoms with Crippen molar-refractivity contribution in [3.8, 4) is 0 Å². The summed E-state index contributed by atoms with van der Waals surface area (Å²) in [4.78, 5) is 14.0. The lowest BCUT2D eigenvalue weighted by Crippen LogP contribution is -2.45. The van der Waals surface area contributed by atoms with Gasteiger partial charge in [-0.3, -0.25) is 9.69 Å². The number of rotatable bonds is 3. The second-order valence-electron chi connectivity index (χ2n) is 5.08. The van der Waals surface area contributed by atoms with Crippen molar-refractivity contribution in [2.75, 3.05) is 13.7 Å². The minimum atomic E-state index is -0.0785. The molecule has 1 aliphatic carbocycles. The largest absolute Gasteiger partial charge is 0.469 e. The number of piperidine rings is 1. The molecule has 1 saturated carbocycles. The maximum atomic E-state index is 11.5. The zero-order valence-electron chi connectivity index (χ0n) is 9.90. The van der Waals surface area contributed by atoms with E-state index in [1.165, 1.54) is 32.9 Å². The van der Waals surface area contributed by atoms with Crippen LogP contribution in [0, 0.1) is 11.8 Å². The molecule has 0 radical (unpaired) electrons. The van der Waals surface area contributed by atoms with Crippen LogP contribution < -0.4 is 0 Å². The highest BCUT2D eigenvalue weighted by molar-refractivity contribution is 5.72. The van der Waals surface area contributed by atoms with Gasteiger partial charge in [-0.1, -0.05) is 6.92 Å². The van der Waals surface area contributed by atoms with E-state index in [0.29, 0.717) is 6.04 Å². The number of hydrogen-bond donors (Lipinski definition) is 0. The zero-order chi connectivity index (χ0) is 11.0. The first-order valence-corrected chi connectivity index (χ1v) is 5.97. The van der Waals surface area contributed by atoms with Crippen molar-refractivity contribution in [3.05, 3.63) is 0 Å². The van der Waals surface area contributed by atoms with E-state index in [1.807, 2.05) is 6.92 Å². The average Bonchev–Trinajstić information content (AvgIpc) is 2.87. The topological polar surface area (TPSA) is 29.5 Å². The number of hydrogen-bond acceptors (Lipinski definition) is 3. The van der Waals surface area contributed by atoms with Crippen molar-refractivity contribution in [1.82, 2.24) is 4.90 Å². The van der Waals surface area contributed by atoms with Crippen LogP contribution >= 0.6 is 0 Å². The van der Waals surface area contributed by atoms with Gasteiger partial charge < -0.3 is 4.74 Å². The summed E-state index contributed by atoms with van der Waals surface area (Å²) >= 11 is 0. The molecule has 1 aliphatic heterocycles. The van der Waals surface area contributed by atoms with Crippen LogP contribution in [-0.4, -0.2) is 36.6 Å². The zero-order valence-corrected chi connectivity index (χ0v) is 9.90. The molecule has 1 heterocycles. The molecular weight excluding hydrogens is 190 g/mol.